The maximum absolute atomic E-state index is 12.4. The Balaban J connectivity index is 1.44. The molecule has 2 amide bonds. The van der Waals surface area contributed by atoms with Crippen molar-refractivity contribution in [3.63, 3.8) is 0 Å². The highest BCUT2D eigenvalue weighted by molar-refractivity contribution is 5.94. The molecule has 1 aromatic heterocycles. The summed E-state index contributed by atoms with van der Waals surface area (Å²) in [6, 6.07) is 9.19. The molecular formula is C21H29N5O3. The van der Waals surface area contributed by atoms with Crippen molar-refractivity contribution in [1.82, 2.24) is 19.6 Å². The van der Waals surface area contributed by atoms with Gasteiger partial charge in [-0.15, -0.1) is 0 Å². The zero-order valence-corrected chi connectivity index (χ0v) is 17.1. The molecule has 1 aromatic carbocycles. The third kappa shape index (κ3) is 6.13. The van der Waals surface area contributed by atoms with Crippen molar-refractivity contribution in [2.75, 3.05) is 51.8 Å². The fourth-order valence-electron chi connectivity index (χ4n) is 3.30. The van der Waals surface area contributed by atoms with E-state index in [1.54, 1.807) is 37.1 Å². The zero-order valence-electron chi connectivity index (χ0n) is 17.1. The normalized spacial score (nSPS) is 15.7. The molecule has 1 fully saturated rings. The Bertz CT molecular complexity index is 785. The number of nitrogens with one attached hydrogen (secondary N) is 1. The molecule has 1 aliphatic heterocycles. The van der Waals surface area contributed by atoms with Crippen LogP contribution in [0.25, 0.3) is 0 Å². The predicted octanol–water partition coefficient (Wildman–Crippen LogP) is 1.42. The number of morpholine rings is 1. The topological polar surface area (TPSA) is 79.7 Å². The summed E-state index contributed by atoms with van der Waals surface area (Å²) in [6.45, 7) is 6.35. The quantitative estimate of drug-likeness (QED) is 0.726. The number of hydrogen-bond acceptors (Lipinski definition) is 5. The van der Waals surface area contributed by atoms with Gasteiger partial charge < -0.3 is 15.0 Å². The molecule has 156 valence electrons. The van der Waals surface area contributed by atoms with E-state index in [0.717, 1.165) is 45.0 Å². The van der Waals surface area contributed by atoms with Gasteiger partial charge in [0.05, 0.1) is 19.8 Å². The molecule has 1 aliphatic rings. The zero-order chi connectivity index (χ0) is 20.6. The Kier molecular flexibility index (Phi) is 7.37. The van der Waals surface area contributed by atoms with E-state index in [4.69, 9.17) is 4.74 Å². The van der Waals surface area contributed by atoms with E-state index >= 15 is 0 Å². The number of likely N-dealkylation sites (N-methyl/N-ethyl adjacent to an activating group) is 1. The average molecular weight is 399 g/mol. The van der Waals surface area contributed by atoms with Crippen molar-refractivity contribution in [3.8, 4) is 0 Å². The molecule has 2 aromatic rings. The second-order valence-corrected chi connectivity index (χ2v) is 7.31. The van der Waals surface area contributed by atoms with E-state index in [1.807, 2.05) is 24.3 Å². The van der Waals surface area contributed by atoms with Gasteiger partial charge in [-0.1, -0.05) is 12.1 Å². The average Bonchev–Trinajstić information content (AvgIpc) is 3.27. The molecule has 0 spiro atoms. The maximum Gasteiger partial charge on any atom is 0.247 e. The Morgan fingerprint density at radius 2 is 1.97 bits per heavy atom. The van der Waals surface area contributed by atoms with Crippen LogP contribution in [-0.2, 0) is 20.7 Å². The van der Waals surface area contributed by atoms with Crippen LogP contribution in [0.15, 0.2) is 42.7 Å². The minimum Gasteiger partial charge on any atom is -0.379 e. The molecule has 0 aliphatic carbocycles. The van der Waals surface area contributed by atoms with Crippen LogP contribution in [0.5, 0.6) is 0 Å². The Labute approximate surface area is 171 Å². The lowest BCUT2D eigenvalue weighted by Crippen LogP contribution is -2.38. The van der Waals surface area contributed by atoms with Crippen molar-refractivity contribution in [1.29, 1.82) is 0 Å². The summed E-state index contributed by atoms with van der Waals surface area (Å²) in [5, 5.41) is 6.93. The summed E-state index contributed by atoms with van der Waals surface area (Å²) in [7, 11) is 1.62. The number of anilines is 1. The smallest absolute Gasteiger partial charge is 0.247 e. The number of ether oxygens (including phenoxy) is 1. The lowest BCUT2D eigenvalue weighted by atomic mass is 10.1. The molecule has 8 heteroatoms. The molecule has 2 heterocycles. The van der Waals surface area contributed by atoms with Crippen molar-refractivity contribution in [2.45, 2.75) is 19.4 Å². The second-order valence-electron chi connectivity index (χ2n) is 7.31. The van der Waals surface area contributed by atoms with Crippen LogP contribution in [0.3, 0.4) is 0 Å². The summed E-state index contributed by atoms with van der Waals surface area (Å²) in [6.07, 6.45) is 4.33. The molecule has 0 bridgehead atoms. The number of hydrogen-bond donors (Lipinski definition) is 1. The van der Waals surface area contributed by atoms with Crippen LogP contribution in [0.1, 0.15) is 18.5 Å². The Hall–Kier alpha value is -2.71. The number of rotatable bonds is 8. The largest absolute Gasteiger partial charge is 0.379 e. The van der Waals surface area contributed by atoms with E-state index in [-0.39, 0.29) is 18.4 Å². The van der Waals surface area contributed by atoms with Gasteiger partial charge in [0.1, 0.15) is 6.04 Å². The highest BCUT2D eigenvalue weighted by atomic mass is 16.5. The van der Waals surface area contributed by atoms with Crippen molar-refractivity contribution < 1.29 is 14.3 Å². The van der Waals surface area contributed by atoms with E-state index in [0.29, 0.717) is 0 Å². The monoisotopic (exact) mass is 399 g/mol. The number of amides is 2. The minimum absolute atomic E-state index is 0.0107. The van der Waals surface area contributed by atoms with E-state index in [1.165, 1.54) is 10.5 Å². The summed E-state index contributed by atoms with van der Waals surface area (Å²) in [5.41, 5.74) is 1.96. The standard InChI is InChI=1S/C21H29N5O3/c1-17(26-10-3-9-22-26)21(28)24(2)16-20(27)23-19-6-4-18(5-7-19)8-11-25-12-14-29-15-13-25/h3-7,9-10,17H,8,11-16H2,1-2H3,(H,23,27). The molecule has 0 saturated carbocycles. The van der Waals surface area contributed by atoms with E-state index < -0.39 is 6.04 Å². The fourth-order valence-corrected chi connectivity index (χ4v) is 3.30. The van der Waals surface area contributed by atoms with Gasteiger partial charge in [0.25, 0.3) is 0 Å². The van der Waals surface area contributed by atoms with Gasteiger partial charge in [0.2, 0.25) is 11.8 Å². The molecule has 8 nitrogen and oxygen atoms in total. The van der Waals surface area contributed by atoms with Gasteiger partial charge in [-0.3, -0.25) is 19.2 Å². The van der Waals surface area contributed by atoms with Crippen LogP contribution in [0, 0.1) is 0 Å². The summed E-state index contributed by atoms with van der Waals surface area (Å²) in [4.78, 5) is 28.6. The first kappa shape index (κ1) is 21.0. The minimum atomic E-state index is -0.450. The summed E-state index contributed by atoms with van der Waals surface area (Å²) < 4.78 is 6.94. The molecule has 0 radical (unpaired) electrons. The lowest BCUT2D eigenvalue weighted by Gasteiger charge is -2.26. The van der Waals surface area contributed by atoms with Gasteiger partial charge in [-0.25, -0.2) is 0 Å². The van der Waals surface area contributed by atoms with Gasteiger partial charge in [0, 0.05) is 44.8 Å². The molecule has 29 heavy (non-hydrogen) atoms. The van der Waals surface area contributed by atoms with E-state index in [2.05, 4.69) is 15.3 Å². The summed E-state index contributed by atoms with van der Waals surface area (Å²) >= 11 is 0. The third-order valence-electron chi connectivity index (χ3n) is 5.09. The van der Waals surface area contributed by atoms with Crippen molar-refractivity contribution in [2.24, 2.45) is 0 Å². The molecule has 1 unspecified atom stereocenters. The van der Waals surface area contributed by atoms with Gasteiger partial charge in [-0.2, -0.15) is 5.10 Å². The highest BCUT2D eigenvalue weighted by Crippen LogP contribution is 2.12. The predicted molar refractivity (Wildman–Crippen MR) is 111 cm³/mol. The first-order valence-electron chi connectivity index (χ1n) is 9.96. The molecule has 3 rings (SSSR count). The maximum atomic E-state index is 12.4. The fraction of sp³-hybridized carbons (Fsp3) is 0.476. The Morgan fingerprint density at radius 3 is 2.62 bits per heavy atom. The molecule has 1 N–H and O–H groups in total. The van der Waals surface area contributed by atoms with Crippen LogP contribution in [0.4, 0.5) is 5.69 Å². The molecule has 1 atom stereocenters. The third-order valence-corrected chi connectivity index (χ3v) is 5.09. The van der Waals surface area contributed by atoms with Crippen molar-refractivity contribution in [3.05, 3.63) is 48.3 Å². The van der Waals surface area contributed by atoms with Gasteiger partial charge >= 0.3 is 0 Å². The van der Waals surface area contributed by atoms with Crippen LogP contribution in [-0.4, -0.2) is 77.8 Å². The van der Waals surface area contributed by atoms with Crippen LogP contribution in [0.2, 0.25) is 0 Å². The van der Waals surface area contributed by atoms with Gasteiger partial charge in [0.15, 0.2) is 0 Å². The van der Waals surface area contributed by atoms with Crippen molar-refractivity contribution >= 4 is 17.5 Å². The number of carbonyl (C=O) groups is 2. The SMILES string of the molecule is CC(C(=O)N(C)CC(=O)Nc1ccc(CCN2CCOCC2)cc1)n1cccn1. The number of benzene rings is 1. The lowest BCUT2D eigenvalue weighted by molar-refractivity contribution is -0.136. The number of carbonyl (C=O) groups excluding carboxylic acids is 2. The molecular weight excluding hydrogens is 370 g/mol. The first-order valence-corrected chi connectivity index (χ1v) is 9.96. The Morgan fingerprint density at radius 1 is 1.24 bits per heavy atom. The van der Waals surface area contributed by atoms with Gasteiger partial charge in [-0.05, 0) is 37.1 Å². The van der Waals surface area contributed by atoms with E-state index in [9.17, 15) is 9.59 Å². The molecule has 1 saturated heterocycles. The second kappa shape index (κ2) is 10.2. The van der Waals surface area contributed by atoms with Crippen LogP contribution < -0.4 is 5.32 Å². The highest BCUT2D eigenvalue weighted by Gasteiger charge is 2.21. The number of aromatic nitrogens is 2. The first-order chi connectivity index (χ1) is 14.0. The summed E-state index contributed by atoms with van der Waals surface area (Å²) in [5.74, 6) is -0.392. The number of nitrogens with zero attached hydrogens (tertiary/aromatic N) is 4. The van der Waals surface area contributed by atoms with Crippen LogP contribution >= 0.6 is 0 Å².